The van der Waals surface area contributed by atoms with E-state index in [0.29, 0.717) is 5.76 Å². The average molecular weight is 96.1 g/mol. The van der Waals surface area contributed by atoms with E-state index < -0.39 is 0 Å². The van der Waals surface area contributed by atoms with Crippen LogP contribution in [0.25, 0.3) is 0 Å². The Morgan fingerprint density at radius 1 is 1.86 bits per heavy atom. The van der Waals surface area contributed by atoms with Crippen LogP contribution in [0.3, 0.4) is 0 Å². The van der Waals surface area contributed by atoms with Crippen molar-refractivity contribution < 1.29 is 4.52 Å². The van der Waals surface area contributed by atoms with E-state index in [4.69, 9.17) is 5.41 Å². The topological polar surface area (TPSA) is 49.9 Å². The Morgan fingerprint density at radius 2 is 2.71 bits per heavy atom. The van der Waals surface area contributed by atoms with Crippen molar-refractivity contribution in [1.29, 1.82) is 5.41 Å². The highest BCUT2D eigenvalue weighted by atomic mass is 16.5. The van der Waals surface area contributed by atoms with E-state index in [1.807, 2.05) is 0 Å². The number of hydrogen-bond donors (Lipinski definition) is 1. The fourth-order valence-corrected chi connectivity index (χ4v) is 0.300. The lowest BCUT2D eigenvalue weighted by Crippen LogP contribution is -1.66. The monoisotopic (exact) mass is 96.0 g/mol. The number of rotatable bonds is 1. The lowest BCUT2D eigenvalue weighted by molar-refractivity contribution is 0.415. The summed E-state index contributed by atoms with van der Waals surface area (Å²) in [4.78, 5) is 0. The third-order valence-electron chi connectivity index (χ3n) is 0.600. The minimum atomic E-state index is 0.486. The van der Waals surface area contributed by atoms with Crippen LogP contribution >= 0.6 is 0 Å². The van der Waals surface area contributed by atoms with Gasteiger partial charge in [-0.2, -0.15) is 0 Å². The van der Waals surface area contributed by atoms with Crippen molar-refractivity contribution in [3.63, 3.8) is 0 Å². The van der Waals surface area contributed by atoms with Gasteiger partial charge in [0.1, 0.15) is 0 Å². The van der Waals surface area contributed by atoms with Gasteiger partial charge in [-0.25, -0.2) is 0 Å². The smallest absolute Gasteiger partial charge is 0.177 e. The maximum Gasteiger partial charge on any atom is 0.177 e. The molecule has 0 aliphatic rings. The Bertz CT molecular complexity index is 145. The summed E-state index contributed by atoms with van der Waals surface area (Å²) in [7, 11) is 0. The van der Waals surface area contributed by atoms with Gasteiger partial charge in [0.05, 0.1) is 12.4 Å². The van der Waals surface area contributed by atoms with Gasteiger partial charge in [-0.15, -0.1) is 0 Å². The summed E-state index contributed by atoms with van der Waals surface area (Å²) in [5.41, 5.74) is 0. The SMILES string of the molecule is N=Cc1ccno1. The number of aromatic nitrogens is 1. The summed E-state index contributed by atoms with van der Waals surface area (Å²) in [6.45, 7) is 0. The lowest BCUT2D eigenvalue weighted by atomic mass is 10.5. The molecular formula is C4H4N2O. The Balaban J connectivity index is 2.96. The third kappa shape index (κ3) is 0.652. The predicted molar refractivity (Wildman–Crippen MR) is 24.4 cm³/mol. The first-order valence-electron chi connectivity index (χ1n) is 1.84. The van der Waals surface area contributed by atoms with Crippen molar-refractivity contribution in [1.82, 2.24) is 5.16 Å². The molecule has 1 heterocycles. The Labute approximate surface area is 40.4 Å². The number of nitrogens with one attached hydrogen (secondary N) is 1. The maximum absolute atomic E-state index is 6.60. The van der Waals surface area contributed by atoms with Crippen LogP contribution in [0.2, 0.25) is 0 Å². The van der Waals surface area contributed by atoms with Gasteiger partial charge >= 0.3 is 0 Å². The van der Waals surface area contributed by atoms with E-state index in [9.17, 15) is 0 Å². The zero-order valence-corrected chi connectivity index (χ0v) is 3.59. The first-order chi connectivity index (χ1) is 3.43. The van der Waals surface area contributed by atoms with Gasteiger partial charge < -0.3 is 9.93 Å². The van der Waals surface area contributed by atoms with E-state index in [0.717, 1.165) is 6.21 Å². The second-order valence-corrected chi connectivity index (χ2v) is 1.06. The van der Waals surface area contributed by atoms with Crippen LogP contribution in [0.15, 0.2) is 16.8 Å². The van der Waals surface area contributed by atoms with Gasteiger partial charge in [-0.05, 0) is 0 Å². The van der Waals surface area contributed by atoms with E-state index in [1.54, 1.807) is 6.07 Å². The molecule has 0 amide bonds. The van der Waals surface area contributed by atoms with E-state index in [-0.39, 0.29) is 0 Å². The molecule has 0 saturated carbocycles. The first-order valence-corrected chi connectivity index (χ1v) is 1.84. The van der Waals surface area contributed by atoms with Crippen LogP contribution in [0, 0.1) is 5.41 Å². The van der Waals surface area contributed by atoms with Crippen LogP contribution in [0.1, 0.15) is 5.76 Å². The van der Waals surface area contributed by atoms with Crippen molar-refractivity contribution >= 4 is 6.21 Å². The molecule has 1 aromatic rings. The third-order valence-corrected chi connectivity index (χ3v) is 0.600. The van der Waals surface area contributed by atoms with Crippen molar-refractivity contribution in [3.05, 3.63) is 18.0 Å². The first kappa shape index (κ1) is 4.05. The maximum atomic E-state index is 6.60. The normalized spacial score (nSPS) is 8.57. The van der Waals surface area contributed by atoms with Crippen LogP contribution in [-0.2, 0) is 0 Å². The molecule has 1 N–H and O–H groups in total. The minimum Gasteiger partial charge on any atom is -0.355 e. The van der Waals surface area contributed by atoms with Crippen molar-refractivity contribution in [3.8, 4) is 0 Å². The quantitative estimate of drug-likeness (QED) is 0.522. The standard InChI is InChI=1S/C4H4N2O/c5-3-4-1-2-6-7-4/h1-3,5H. The second-order valence-electron chi connectivity index (χ2n) is 1.06. The minimum absolute atomic E-state index is 0.486. The van der Waals surface area contributed by atoms with Crippen LogP contribution in [-0.4, -0.2) is 11.4 Å². The molecule has 0 atom stereocenters. The molecule has 0 radical (unpaired) electrons. The zero-order valence-electron chi connectivity index (χ0n) is 3.59. The molecule has 36 valence electrons. The van der Waals surface area contributed by atoms with Gasteiger partial charge in [0, 0.05) is 6.07 Å². The van der Waals surface area contributed by atoms with Crippen LogP contribution < -0.4 is 0 Å². The van der Waals surface area contributed by atoms with Crippen molar-refractivity contribution in [2.45, 2.75) is 0 Å². The Kier molecular flexibility index (Phi) is 0.898. The van der Waals surface area contributed by atoms with Gasteiger partial charge in [0.2, 0.25) is 0 Å². The molecule has 0 unspecified atom stereocenters. The summed E-state index contributed by atoms with van der Waals surface area (Å²) in [5, 5.41) is 9.97. The summed E-state index contributed by atoms with van der Waals surface area (Å²) in [6, 6.07) is 1.62. The molecule has 0 bridgehead atoms. The molecular weight excluding hydrogens is 92.1 g/mol. The molecule has 0 aliphatic carbocycles. The molecule has 1 rings (SSSR count). The van der Waals surface area contributed by atoms with Crippen LogP contribution in [0.5, 0.6) is 0 Å². The van der Waals surface area contributed by atoms with E-state index in [2.05, 4.69) is 9.68 Å². The summed E-state index contributed by atoms with van der Waals surface area (Å²) >= 11 is 0. The zero-order chi connectivity index (χ0) is 5.11. The highest BCUT2D eigenvalue weighted by Crippen LogP contribution is 1.87. The van der Waals surface area contributed by atoms with Crippen LogP contribution in [0.4, 0.5) is 0 Å². The Morgan fingerprint density at radius 3 is 3.00 bits per heavy atom. The highest BCUT2D eigenvalue weighted by molar-refractivity contribution is 5.72. The number of hydrogen-bond acceptors (Lipinski definition) is 3. The molecule has 3 nitrogen and oxygen atoms in total. The van der Waals surface area contributed by atoms with Crippen molar-refractivity contribution in [2.24, 2.45) is 0 Å². The van der Waals surface area contributed by atoms with Crippen molar-refractivity contribution in [2.75, 3.05) is 0 Å². The van der Waals surface area contributed by atoms with Gasteiger partial charge in [0.15, 0.2) is 5.76 Å². The van der Waals surface area contributed by atoms with Gasteiger partial charge in [-0.1, -0.05) is 5.16 Å². The summed E-state index contributed by atoms with van der Waals surface area (Å²) in [5.74, 6) is 0.486. The highest BCUT2D eigenvalue weighted by Gasteiger charge is 1.83. The second kappa shape index (κ2) is 1.55. The fourth-order valence-electron chi connectivity index (χ4n) is 0.300. The van der Waals surface area contributed by atoms with Gasteiger partial charge in [-0.3, -0.25) is 0 Å². The molecule has 3 heteroatoms. The largest absolute Gasteiger partial charge is 0.355 e. The molecule has 0 aliphatic heterocycles. The number of nitrogens with zero attached hydrogens (tertiary/aromatic N) is 1. The molecule has 1 aromatic heterocycles. The summed E-state index contributed by atoms with van der Waals surface area (Å²) < 4.78 is 4.49. The predicted octanol–water partition coefficient (Wildman–Crippen LogP) is 0.672. The molecule has 0 saturated heterocycles. The lowest BCUT2D eigenvalue weighted by Gasteiger charge is -1.68. The van der Waals surface area contributed by atoms with E-state index in [1.165, 1.54) is 6.20 Å². The summed E-state index contributed by atoms with van der Waals surface area (Å²) in [6.07, 6.45) is 2.60. The van der Waals surface area contributed by atoms with E-state index >= 15 is 0 Å². The molecule has 0 spiro atoms. The average Bonchev–Trinajstić information content (AvgIpc) is 2.14. The molecule has 0 fully saturated rings. The Hall–Kier alpha value is -1.12. The molecule has 0 aromatic carbocycles. The molecule has 7 heavy (non-hydrogen) atoms. The van der Waals surface area contributed by atoms with Gasteiger partial charge in [0.25, 0.3) is 0 Å². The fraction of sp³-hybridized carbons (Fsp3) is 0.